The van der Waals surface area contributed by atoms with Crippen molar-refractivity contribution in [1.29, 1.82) is 0 Å². The van der Waals surface area contributed by atoms with E-state index in [1.807, 2.05) is 54.6 Å². The molecule has 1 aliphatic rings. The van der Waals surface area contributed by atoms with Crippen LogP contribution < -0.4 is 0 Å². The molecule has 14 heteroatoms. The summed E-state index contributed by atoms with van der Waals surface area (Å²) in [6, 6.07) is 31.4. The van der Waals surface area contributed by atoms with E-state index in [9.17, 15) is 39.6 Å². The molecule has 1 fully saturated rings. The van der Waals surface area contributed by atoms with Gasteiger partial charge in [0.25, 0.3) is 5.91 Å². The third-order valence-electron chi connectivity index (χ3n) is 9.89. The minimum absolute atomic E-state index is 0.0283. The van der Waals surface area contributed by atoms with Crippen LogP contribution in [0.25, 0.3) is 22.3 Å². The fourth-order valence-electron chi connectivity index (χ4n) is 6.88. The highest BCUT2D eigenvalue weighted by Gasteiger charge is 2.39. The van der Waals surface area contributed by atoms with Gasteiger partial charge in [0, 0.05) is 31.0 Å². The molecule has 1 aliphatic heterocycles. The number of sulfonamides is 1. The Labute approximate surface area is 324 Å². The summed E-state index contributed by atoms with van der Waals surface area (Å²) in [7, 11) is -6.48. The Hall–Kier alpha value is -5.31. The zero-order chi connectivity index (χ0) is 40.3. The number of methoxy groups -OCH3 is 1. The quantitative estimate of drug-likeness (QED) is 0.117. The molecule has 56 heavy (non-hydrogen) atoms. The molecule has 1 heterocycles. The van der Waals surface area contributed by atoms with Gasteiger partial charge >= 0.3 is 12.1 Å². The molecule has 0 N–H and O–H groups in total. The lowest BCUT2D eigenvalue weighted by Gasteiger charge is -2.36. The number of nitrogens with zero attached hydrogens (tertiary/aromatic N) is 2. The third kappa shape index (κ3) is 9.04. The molecular weight excluding hydrogens is 766 g/mol. The lowest BCUT2D eigenvalue weighted by Crippen LogP contribution is -2.47. The standard InChI is InChI=1S/C42H39F3N2O7S2/c1-54-40(48)27-39(33-14-10-30(11-15-33)29-7-4-3-5-8-29)46(41(49)34-16-12-31(13-17-34)32-18-20-35(21-19-32)42(43,44)45)28-36-9-6-26-47(36)56(52,53)38-24-22-37(23-25-38)55(2,50)51/h3-5,7-8,10-25,36,39H,6,9,26-28H2,1-2H3/t36-,39?/m1/s1. The van der Waals surface area contributed by atoms with Crippen molar-refractivity contribution in [2.24, 2.45) is 0 Å². The minimum Gasteiger partial charge on any atom is -0.469 e. The van der Waals surface area contributed by atoms with Crippen LogP contribution in [-0.2, 0) is 35.6 Å². The molecule has 0 spiro atoms. The largest absolute Gasteiger partial charge is 0.469 e. The Morgan fingerprint density at radius 2 is 1.27 bits per heavy atom. The molecule has 1 unspecified atom stereocenters. The van der Waals surface area contributed by atoms with Gasteiger partial charge in [0.1, 0.15) is 0 Å². The molecule has 0 aliphatic carbocycles. The van der Waals surface area contributed by atoms with Gasteiger partial charge in [-0.25, -0.2) is 16.8 Å². The van der Waals surface area contributed by atoms with Gasteiger partial charge in [-0.1, -0.05) is 78.9 Å². The van der Waals surface area contributed by atoms with Crippen molar-refractivity contribution in [3.63, 3.8) is 0 Å². The van der Waals surface area contributed by atoms with Crippen LogP contribution in [0.3, 0.4) is 0 Å². The van der Waals surface area contributed by atoms with E-state index in [1.165, 1.54) is 52.7 Å². The molecule has 0 aromatic heterocycles. The summed E-state index contributed by atoms with van der Waals surface area (Å²) in [5, 5.41) is 0. The molecule has 9 nitrogen and oxygen atoms in total. The minimum atomic E-state index is -4.49. The maximum atomic E-state index is 14.7. The lowest BCUT2D eigenvalue weighted by molar-refractivity contribution is -0.142. The number of amides is 1. The predicted octanol–water partition coefficient (Wildman–Crippen LogP) is 8.04. The average molecular weight is 805 g/mol. The summed E-state index contributed by atoms with van der Waals surface area (Å²) in [6.07, 6.45) is -2.82. The smallest absolute Gasteiger partial charge is 0.416 e. The van der Waals surface area contributed by atoms with E-state index in [4.69, 9.17) is 4.74 Å². The van der Waals surface area contributed by atoms with Crippen LogP contribution in [0.1, 0.15) is 46.8 Å². The number of carbonyl (C=O) groups excluding carboxylic acids is 2. The van der Waals surface area contributed by atoms with E-state index < -0.39 is 55.6 Å². The monoisotopic (exact) mass is 804 g/mol. The zero-order valence-electron chi connectivity index (χ0n) is 30.5. The number of sulfone groups is 1. The summed E-state index contributed by atoms with van der Waals surface area (Å²) in [5.41, 5.74) is 2.96. The second-order valence-electron chi connectivity index (χ2n) is 13.5. The summed E-state index contributed by atoms with van der Waals surface area (Å²) in [5.74, 6) is -1.11. The summed E-state index contributed by atoms with van der Waals surface area (Å²) in [4.78, 5) is 29.0. The van der Waals surface area contributed by atoms with Gasteiger partial charge in [-0.3, -0.25) is 9.59 Å². The number of hydrogen-bond acceptors (Lipinski definition) is 7. The van der Waals surface area contributed by atoms with Crippen LogP contribution in [0.5, 0.6) is 0 Å². The number of ether oxygens (including phenoxy) is 1. The fraction of sp³-hybridized carbons (Fsp3) is 0.238. The first-order valence-electron chi connectivity index (χ1n) is 17.7. The van der Waals surface area contributed by atoms with E-state index in [0.29, 0.717) is 29.5 Å². The molecule has 5 aromatic carbocycles. The Bertz CT molecular complexity index is 2390. The molecule has 292 valence electrons. The van der Waals surface area contributed by atoms with E-state index in [1.54, 1.807) is 24.3 Å². The number of alkyl halides is 3. The topological polar surface area (TPSA) is 118 Å². The second-order valence-corrected chi connectivity index (χ2v) is 17.5. The number of hydrogen-bond donors (Lipinski definition) is 0. The van der Waals surface area contributed by atoms with Crippen molar-refractivity contribution in [3.8, 4) is 22.3 Å². The van der Waals surface area contributed by atoms with Crippen molar-refractivity contribution >= 4 is 31.7 Å². The third-order valence-corrected chi connectivity index (χ3v) is 13.0. The molecule has 0 bridgehead atoms. The fourth-order valence-corrected chi connectivity index (χ4v) is 9.20. The summed E-state index contributed by atoms with van der Waals surface area (Å²) in [6.45, 7) is 0.0420. The number of carbonyl (C=O) groups is 2. The highest BCUT2D eigenvalue weighted by atomic mass is 32.2. The van der Waals surface area contributed by atoms with E-state index in [2.05, 4.69) is 0 Å². The van der Waals surface area contributed by atoms with Gasteiger partial charge in [-0.05, 0) is 89.2 Å². The average Bonchev–Trinajstić information content (AvgIpc) is 3.68. The van der Waals surface area contributed by atoms with Gasteiger partial charge in [-0.2, -0.15) is 17.5 Å². The van der Waals surface area contributed by atoms with Crippen molar-refractivity contribution in [1.82, 2.24) is 9.21 Å². The van der Waals surface area contributed by atoms with E-state index in [0.717, 1.165) is 29.5 Å². The first-order valence-corrected chi connectivity index (χ1v) is 21.0. The molecule has 0 saturated carbocycles. The second kappa shape index (κ2) is 16.4. The van der Waals surface area contributed by atoms with Crippen LogP contribution in [0.2, 0.25) is 0 Å². The van der Waals surface area contributed by atoms with Crippen LogP contribution in [0.4, 0.5) is 13.2 Å². The maximum absolute atomic E-state index is 14.7. The van der Waals surface area contributed by atoms with E-state index >= 15 is 0 Å². The van der Waals surface area contributed by atoms with Gasteiger partial charge in [0.15, 0.2) is 9.84 Å². The number of esters is 1. The first kappa shape index (κ1) is 40.4. The molecule has 1 saturated heterocycles. The van der Waals surface area contributed by atoms with Crippen molar-refractivity contribution in [3.05, 3.63) is 144 Å². The number of halogens is 3. The Morgan fingerprint density at radius 3 is 1.80 bits per heavy atom. The Morgan fingerprint density at radius 1 is 0.750 bits per heavy atom. The normalized spacial score (nSPS) is 15.6. The van der Waals surface area contributed by atoms with E-state index in [-0.39, 0.29) is 34.9 Å². The number of rotatable bonds is 12. The van der Waals surface area contributed by atoms with Crippen LogP contribution in [0.15, 0.2) is 137 Å². The van der Waals surface area contributed by atoms with Gasteiger partial charge < -0.3 is 9.64 Å². The predicted molar refractivity (Wildman–Crippen MR) is 206 cm³/mol. The molecule has 6 rings (SSSR count). The molecule has 2 atom stereocenters. The van der Waals surface area contributed by atoms with Crippen molar-refractivity contribution in [2.75, 3.05) is 26.5 Å². The summed E-state index contributed by atoms with van der Waals surface area (Å²) < 4.78 is 98.1. The molecular formula is C42H39F3N2O7S2. The highest BCUT2D eigenvalue weighted by molar-refractivity contribution is 7.90. The zero-order valence-corrected chi connectivity index (χ0v) is 32.2. The van der Waals surface area contributed by atoms with Crippen LogP contribution in [-0.4, -0.2) is 70.4 Å². The Kier molecular flexibility index (Phi) is 11.8. The highest BCUT2D eigenvalue weighted by Crippen LogP contribution is 2.35. The SMILES string of the molecule is COC(=O)CC(c1ccc(-c2ccccc2)cc1)N(C[C@H]1CCCN1S(=O)(=O)c1ccc(S(C)(=O)=O)cc1)C(=O)c1ccc(-c2ccc(C(F)(F)F)cc2)cc1. The van der Waals surface area contributed by atoms with Gasteiger partial charge in [-0.15, -0.1) is 0 Å². The van der Waals surface area contributed by atoms with Crippen molar-refractivity contribution in [2.45, 2.75) is 47.3 Å². The molecule has 1 amide bonds. The van der Waals surface area contributed by atoms with Crippen molar-refractivity contribution < 1.29 is 44.3 Å². The van der Waals surface area contributed by atoms with Gasteiger partial charge in [0.2, 0.25) is 10.0 Å². The Balaban J connectivity index is 1.37. The maximum Gasteiger partial charge on any atom is 0.416 e. The molecule has 0 radical (unpaired) electrons. The first-order chi connectivity index (χ1) is 26.6. The lowest BCUT2D eigenvalue weighted by atomic mass is 9.96. The van der Waals surface area contributed by atoms with Gasteiger partial charge in [0.05, 0.1) is 34.9 Å². The molecule has 5 aromatic rings. The van der Waals surface area contributed by atoms with Crippen LogP contribution >= 0.6 is 0 Å². The van der Waals surface area contributed by atoms with Crippen LogP contribution in [0, 0.1) is 0 Å². The number of benzene rings is 5. The summed E-state index contributed by atoms with van der Waals surface area (Å²) >= 11 is 0.